The van der Waals surface area contributed by atoms with Crippen LogP contribution >= 0.6 is 11.6 Å². The Morgan fingerprint density at radius 1 is 1.17 bits per heavy atom. The summed E-state index contributed by atoms with van der Waals surface area (Å²) in [5.41, 5.74) is 9.13. The van der Waals surface area contributed by atoms with Crippen LogP contribution in [-0.2, 0) is 0 Å². The molecule has 1 saturated heterocycles. The lowest BCUT2D eigenvalue weighted by atomic mass is 10.1. The van der Waals surface area contributed by atoms with Crippen LogP contribution in [0, 0.1) is 6.92 Å². The molecule has 0 radical (unpaired) electrons. The normalized spacial score (nSPS) is 21.3. The fourth-order valence-electron chi connectivity index (χ4n) is 2.72. The number of halogens is 1. The van der Waals surface area contributed by atoms with Gasteiger partial charge in [0.25, 0.3) is 0 Å². The minimum atomic E-state index is 0.757. The summed E-state index contributed by atoms with van der Waals surface area (Å²) in [7, 11) is 0. The van der Waals surface area contributed by atoms with Crippen molar-refractivity contribution in [3.8, 4) is 0 Å². The van der Waals surface area contributed by atoms with E-state index in [4.69, 9.17) is 17.3 Å². The Hall–Kier alpha value is -0.930. The predicted molar refractivity (Wildman–Crippen MR) is 77.4 cm³/mol. The van der Waals surface area contributed by atoms with E-state index in [1.54, 1.807) is 0 Å². The molecule has 0 spiro atoms. The summed E-state index contributed by atoms with van der Waals surface area (Å²) in [6.07, 6.45) is 2.78. The maximum Gasteiger partial charge on any atom is 0.0604 e. The monoisotopic (exact) mass is 265 g/mol. The van der Waals surface area contributed by atoms with Crippen molar-refractivity contribution in [1.29, 1.82) is 0 Å². The highest BCUT2D eigenvalue weighted by Gasteiger charge is 2.31. The number of nitrogens with two attached hydrogens (primary N) is 1. The molecule has 1 saturated carbocycles. The van der Waals surface area contributed by atoms with Crippen LogP contribution in [0.25, 0.3) is 0 Å². The number of nitrogens with zero attached hydrogens (tertiary/aromatic N) is 2. The second kappa shape index (κ2) is 4.63. The van der Waals surface area contributed by atoms with Crippen LogP contribution in [0.15, 0.2) is 12.1 Å². The first-order chi connectivity index (χ1) is 8.65. The molecule has 1 aromatic carbocycles. The molecule has 0 amide bonds. The lowest BCUT2D eigenvalue weighted by molar-refractivity contribution is 0.248. The van der Waals surface area contributed by atoms with E-state index in [9.17, 15) is 0 Å². The molecule has 1 aromatic rings. The third-order valence-electron chi connectivity index (χ3n) is 4.03. The molecule has 18 heavy (non-hydrogen) atoms. The molecule has 4 heteroatoms. The quantitative estimate of drug-likeness (QED) is 0.834. The highest BCUT2D eigenvalue weighted by Crippen LogP contribution is 2.32. The average Bonchev–Trinajstić information content (AvgIpc) is 3.18. The number of piperazine rings is 1. The van der Waals surface area contributed by atoms with E-state index in [0.29, 0.717) is 0 Å². The van der Waals surface area contributed by atoms with Gasteiger partial charge in [-0.05, 0) is 37.5 Å². The Bertz CT molecular complexity index is 449. The van der Waals surface area contributed by atoms with Crippen LogP contribution in [0.5, 0.6) is 0 Å². The van der Waals surface area contributed by atoms with Crippen LogP contribution in [0.3, 0.4) is 0 Å². The molecule has 3 rings (SSSR count). The smallest absolute Gasteiger partial charge is 0.0604 e. The zero-order valence-electron chi connectivity index (χ0n) is 10.8. The highest BCUT2D eigenvalue weighted by molar-refractivity contribution is 6.31. The number of hydrogen-bond acceptors (Lipinski definition) is 3. The first-order valence-electron chi connectivity index (χ1n) is 6.70. The Morgan fingerprint density at radius 3 is 2.44 bits per heavy atom. The second-order valence-corrected chi connectivity index (χ2v) is 5.82. The van der Waals surface area contributed by atoms with Crippen molar-refractivity contribution in [3.05, 3.63) is 22.7 Å². The topological polar surface area (TPSA) is 32.5 Å². The summed E-state index contributed by atoms with van der Waals surface area (Å²) in [6, 6.07) is 4.86. The van der Waals surface area contributed by atoms with Gasteiger partial charge in [0.15, 0.2) is 0 Å². The molecule has 1 aliphatic carbocycles. The zero-order valence-corrected chi connectivity index (χ0v) is 11.6. The fraction of sp³-hybridized carbons (Fsp3) is 0.571. The lowest BCUT2D eigenvalue weighted by Gasteiger charge is -2.37. The zero-order chi connectivity index (χ0) is 12.7. The summed E-state index contributed by atoms with van der Waals surface area (Å²) in [5.74, 6) is 0. The molecule has 2 fully saturated rings. The first kappa shape index (κ1) is 12.1. The summed E-state index contributed by atoms with van der Waals surface area (Å²) < 4.78 is 0. The van der Waals surface area contributed by atoms with Gasteiger partial charge in [-0.2, -0.15) is 0 Å². The first-order valence-corrected chi connectivity index (χ1v) is 7.07. The van der Waals surface area contributed by atoms with E-state index >= 15 is 0 Å². The van der Waals surface area contributed by atoms with E-state index in [-0.39, 0.29) is 0 Å². The van der Waals surface area contributed by atoms with Crippen LogP contribution in [0.1, 0.15) is 18.4 Å². The number of rotatable bonds is 2. The van der Waals surface area contributed by atoms with Crippen molar-refractivity contribution in [1.82, 2.24) is 4.90 Å². The number of anilines is 2. The third kappa shape index (κ3) is 2.29. The lowest BCUT2D eigenvalue weighted by Crippen LogP contribution is -2.47. The van der Waals surface area contributed by atoms with E-state index in [1.807, 2.05) is 13.0 Å². The van der Waals surface area contributed by atoms with Gasteiger partial charge in [0.05, 0.1) is 11.4 Å². The van der Waals surface area contributed by atoms with Crippen molar-refractivity contribution < 1.29 is 0 Å². The van der Waals surface area contributed by atoms with Gasteiger partial charge in [0, 0.05) is 37.2 Å². The van der Waals surface area contributed by atoms with Gasteiger partial charge in [-0.15, -0.1) is 0 Å². The van der Waals surface area contributed by atoms with Crippen LogP contribution in [-0.4, -0.2) is 37.1 Å². The Morgan fingerprint density at radius 2 is 1.83 bits per heavy atom. The molecule has 0 atom stereocenters. The minimum absolute atomic E-state index is 0.757. The third-order valence-corrected chi connectivity index (χ3v) is 4.43. The Labute approximate surface area is 114 Å². The standard InChI is InChI=1S/C14H20ClN3/c1-10-8-14(13(16)9-12(10)15)18-6-4-17(5-7-18)11-2-3-11/h8-9,11H,2-7,16H2,1H3. The van der Waals surface area contributed by atoms with Crippen LogP contribution in [0.2, 0.25) is 5.02 Å². The molecular weight excluding hydrogens is 246 g/mol. The van der Waals surface area contributed by atoms with Crippen molar-refractivity contribution in [3.63, 3.8) is 0 Å². The summed E-state index contributed by atoms with van der Waals surface area (Å²) >= 11 is 6.09. The molecule has 3 nitrogen and oxygen atoms in total. The molecule has 2 aliphatic rings. The van der Waals surface area contributed by atoms with Gasteiger partial charge in [-0.1, -0.05) is 11.6 Å². The van der Waals surface area contributed by atoms with Gasteiger partial charge >= 0.3 is 0 Å². The molecule has 98 valence electrons. The van der Waals surface area contributed by atoms with E-state index in [2.05, 4.69) is 15.9 Å². The van der Waals surface area contributed by atoms with Gasteiger partial charge < -0.3 is 10.6 Å². The maximum absolute atomic E-state index is 6.09. The molecule has 0 aromatic heterocycles. The van der Waals surface area contributed by atoms with Gasteiger partial charge in [0.2, 0.25) is 0 Å². The summed E-state index contributed by atoms with van der Waals surface area (Å²) in [6.45, 7) is 6.49. The van der Waals surface area contributed by atoms with Gasteiger partial charge in [-0.25, -0.2) is 0 Å². The molecule has 0 unspecified atom stereocenters. The highest BCUT2D eigenvalue weighted by atomic mass is 35.5. The SMILES string of the molecule is Cc1cc(N2CCN(C3CC3)CC2)c(N)cc1Cl. The Balaban J connectivity index is 1.73. The average molecular weight is 266 g/mol. The molecule has 1 aliphatic heterocycles. The molecule has 1 heterocycles. The number of hydrogen-bond donors (Lipinski definition) is 1. The molecule has 2 N–H and O–H groups in total. The van der Waals surface area contributed by atoms with Crippen molar-refractivity contribution in [2.45, 2.75) is 25.8 Å². The number of nitrogen functional groups attached to an aromatic ring is 1. The number of benzene rings is 1. The summed E-state index contributed by atoms with van der Waals surface area (Å²) in [5, 5.41) is 0.757. The van der Waals surface area contributed by atoms with E-state index in [0.717, 1.165) is 54.2 Å². The minimum Gasteiger partial charge on any atom is -0.397 e. The van der Waals surface area contributed by atoms with Crippen molar-refractivity contribution in [2.75, 3.05) is 36.8 Å². The Kier molecular flexibility index (Phi) is 3.12. The van der Waals surface area contributed by atoms with Gasteiger partial charge in [-0.3, -0.25) is 4.90 Å². The van der Waals surface area contributed by atoms with E-state index < -0.39 is 0 Å². The second-order valence-electron chi connectivity index (χ2n) is 5.41. The fourth-order valence-corrected chi connectivity index (χ4v) is 2.90. The molecular formula is C14H20ClN3. The van der Waals surface area contributed by atoms with E-state index in [1.165, 1.54) is 12.8 Å². The summed E-state index contributed by atoms with van der Waals surface area (Å²) in [4.78, 5) is 4.99. The largest absolute Gasteiger partial charge is 0.397 e. The van der Waals surface area contributed by atoms with Crippen LogP contribution in [0.4, 0.5) is 11.4 Å². The maximum atomic E-state index is 6.09. The number of aryl methyl sites for hydroxylation is 1. The van der Waals surface area contributed by atoms with Crippen molar-refractivity contribution >= 4 is 23.0 Å². The van der Waals surface area contributed by atoms with Crippen LogP contribution < -0.4 is 10.6 Å². The van der Waals surface area contributed by atoms with Crippen molar-refractivity contribution in [2.24, 2.45) is 0 Å². The van der Waals surface area contributed by atoms with Gasteiger partial charge in [0.1, 0.15) is 0 Å². The molecule has 0 bridgehead atoms. The predicted octanol–water partition coefficient (Wildman–Crippen LogP) is 2.52.